The van der Waals surface area contributed by atoms with Gasteiger partial charge in [-0.15, -0.1) is 11.3 Å². The van der Waals surface area contributed by atoms with Crippen molar-refractivity contribution in [2.75, 3.05) is 5.32 Å². The van der Waals surface area contributed by atoms with E-state index < -0.39 is 23.6 Å². The van der Waals surface area contributed by atoms with Crippen molar-refractivity contribution in [1.82, 2.24) is 9.88 Å². The van der Waals surface area contributed by atoms with E-state index in [0.717, 1.165) is 47.3 Å². The van der Waals surface area contributed by atoms with Gasteiger partial charge in [-0.05, 0) is 38.0 Å². The molecule has 2 unspecified atom stereocenters. The molecule has 9 heteroatoms. The monoisotopic (exact) mass is 419 g/mol. The summed E-state index contributed by atoms with van der Waals surface area (Å²) in [5.41, 5.74) is 0.179. The third-order valence-electron chi connectivity index (χ3n) is 5.58. The predicted molar refractivity (Wildman–Crippen MR) is 103 cm³/mol. The van der Waals surface area contributed by atoms with Gasteiger partial charge in [-0.1, -0.05) is 12.8 Å². The smallest absolute Gasteiger partial charge is 0.249 e. The summed E-state index contributed by atoms with van der Waals surface area (Å²) < 4.78 is 27.3. The fourth-order valence-corrected chi connectivity index (χ4v) is 4.76. The fraction of sp³-hybridized carbons (Fsp3) is 0.400. The maximum absolute atomic E-state index is 13.9. The average Bonchev–Trinajstić information content (AvgIpc) is 3.26. The van der Waals surface area contributed by atoms with Gasteiger partial charge in [0.2, 0.25) is 17.7 Å². The molecule has 3 atom stereocenters. The number of imide groups is 1. The number of fused-ring (bicyclic) bond motifs is 1. The minimum atomic E-state index is -0.973. The Bertz CT molecular complexity index is 969. The Kier molecular flexibility index (Phi) is 5.16. The molecule has 0 bridgehead atoms. The first kappa shape index (κ1) is 19.6. The minimum Gasteiger partial charge on any atom is -0.300 e. The second-order valence-electron chi connectivity index (χ2n) is 7.37. The number of nitrogens with zero attached hydrogens (tertiary/aromatic N) is 2. The van der Waals surface area contributed by atoms with Crippen LogP contribution in [0.2, 0.25) is 0 Å². The number of carbonyl (C=O) groups is 3. The maximum Gasteiger partial charge on any atom is 0.249 e. The molecule has 6 nitrogen and oxygen atoms in total. The lowest BCUT2D eigenvalue weighted by Crippen LogP contribution is -2.46. The zero-order valence-electron chi connectivity index (χ0n) is 15.7. The first-order chi connectivity index (χ1) is 13.9. The maximum atomic E-state index is 13.9. The number of aromatic nitrogens is 1. The summed E-state index contributed by atoms with van der Waals surface area (Å²) in [4.78, 5) is 43.1. The molecule has 3 amide bonds. The van der Waals surface area contributed by atoms with E-state index in [1.807, 2.05) is 0 Å². The van der Waals surface area contributed by atoms with Gasteiger partial charge in [-0.2, -0.15) is 0 Å². The van der Waals surface area contributed by atoms with Crippen LogP contribution in [-0.2, 0) is 14.4 Å². The van der Waals surface area contributed by atoms with Crippen LogP contribution in [-0.4, -0.2) is 33.6 Å². The molecule has 1 aromatic carbocycles. The Morgan fingerprint density at radius 1 is 1.21 bits per heavy atom. The van der Waals surface area contributed by atoms with E-state index in [9.17, 15) is 23.2 Å². The largest absolute Gasteiger partial charge is 0.300 e. The molecule has 2 heterocycles. The van der Waals surface area contributed by atoms with Crippen molar-refractivity contribution in [2.24, 2.45) is 11.8 Å². The highest BCUT2D eigenvalue weighted by molar-refractivity contribution is 7.14. The Morgan fingerprint density at radius 2 is 1.86 bits per heavy atom. The van der Waals surface area contributed by atoms with Gasteiger partial charge < -0.3 is 5.32 Å². The Labute approximate surface area is 169 Å². The standard InChI is InChI=1S/C20H19F2N3O3S/c1-10(25-18(27)12-4-2-3-5-13(12)19(25)28)17(26)24-20-23-16(9-29-20)14-8-11(21)6-7-15(14)22/h6-10,12-13H,2-5H2,1H3,(H,23,24,26)/t10-,12?,13?/m0/s1. The van der Waals surface area contributed by atoms with Gasteiger partial charge in [0.1, 0.15) is 17.7 Å². The van der Waals surface area contributed by atoms with Gasteiger partial charge in [0.05, 0.1) is 17.5 Å². The van der Waals surface area contributed by atoms with Gasteiger partial charge in [-0.25, -0.2) is 13.8 Å². The van der Waals surface area contributed by atoms with Crippen LogP contribution in [0, 0.1) is 23.5 Å². The van der Waals surface area contributed by atoms with Crippen LogP contribution in [0.5, 0.6) is 0 Å². The molecule has 1 aliphatic carbocycles. The highest BCUT2D eigenvalue weighted by Gasteiger charge is 2.50. The molecule has 1 saturated carbocycles. The molecule has 2 aliphatic rings. The number of rotatable bonds is 4. The molecule has 2 fully saturated rings. The van der Waals surface area contributed by atoms with Crippen LogP contribution >= 0.6 is 11.3 Å². The number of hydrogen-bond acceptors (Lipinski definition) is 5. The van der Waals surface area contributed by atoms with Crippen LogP contribution in [0.4, 0.5) is 13.9 Å². The predicted octanol–water partition coefficient (Wildman–Crippen LogP) is 3.59. The average molecular weight is 419 g/mol. The van der Waals surface area contributed by atoms with Crippen LogP contribution in [0.15, 0.2) is 23.6 Å². The van der Waals surface area contributed by atoms with Gasteiger partial charge in [-0.3, -0.25) is 19.3 Å². The summed E-state index contributed by atoms with van der Waals surface area (Å²) in [5.74, 6) is -3.00. The molecule has 0 spiro atoms. The molecule has 1 N–H and O–H groups in total. The second-order valence-corrected chi connectivity index (χ2v) is 8.23. The van der Waals surface area contributed by atoms with E-state index in [2.05, 4.69) is 10.3 Å². The van der Waals surface area contributed by atoms with Crippen LogP contribution in [0.1, 0.15) is 32.6 Å². The Morgan fingerprint density at radius 3 is 2.52 bits per heavy atom. The Balaban J connectivity index is 1.48. The number of anilines is 1. The molecule has 1 saturated heterocycles. The molecular weight excluding hydrogens is 400 g/mol. The van der Waals surface area contributed by atoms with Crippen molar-refractivity contribution >= 4 is 34.2 Å². The summed E-state index contributed by atoms with van der Waals surface area (Å²) >= 11 is 1.05. The van der Waals surface area contributed by atoms with Crippen LogP contribution in [0.25, 0.3) is 11.3 Å². The van der Waals surface area contributed by atoms with E-state index >= 15 is 0 Å². The van der Waals surface area contributed by atoms with E-state index in [4.69, 9.17) is 0 Å². The molecule has 29 heavy (non-hydrogen) atoms. The van der Waals surface area contributed by atoms with Crippen molar-refractivity contribution in [3.63, 3.8) is 0 Å². The lowest BCUT2D eigenvalue weighted by Gasteiger charge is -2.21. The number of halogens is 2. The van der Waals surface area contributed by atoms with Crippen molar-refractivity contribution in [3.8, 4) is 11.3 Å². The first-order valence-electron chi connectivity index (χ1n) is 9.45. The molecule has 1 aromatic heterocycles. The lowest BCUT2D eigenvalue weighted by atomic mass is 9.81. The van der Waals surface area contributed by atoms with E-state index in [1.165, 1.54) is 12.3 Å². The van der Waals surface area contributed by atoms with Crippen LogP contribution < -0.4 is 5.32 Å². The molecule has 1 aliphatic heterocycles. The van der Waals surface area contributed by atoms with Gasteiger partial charge >= 0.3 is 0 Å². The quantitative estimate of drug-likeness (QED) is 0.768. The van der Waals surface area contributed by atoms with E-state index in [-0.39, 0.29) is 40.0 Å². The second kappa shape index (κ2) is 7.62. The number of amides is 3. The summed E-state index contributed by atoms with van der Waals surface area (Å²) in [6.07, 6.45) is 3.17. The number of benzene rings is 1. The number of carbonyl (C=O) groups excluding carboxylic acids is 3. The van der Waals surface area contributed by atoms with Crippen molar-refractivity contribution in [2.45, 2.75) is 38.6 Å². The third-order valence-corrected chi connectivity index (χ3v) is 6.34. The highest BCUT2D eigenvalue weighted by atomic mass is 32.1. The molecule has 4 rings (SSSR count). The van der Waals surface area contributed by atoms with Crippen molar-refractivity contribution in [3.05, 3.63) is 35.2 Å². The first-order valence-corrected chi connectivity index (χ1v) is 10.3. The van der Waals surface area contributed by atoms with E-state index in [0.29, 0.717) is 12.8 Å². The third kappa shape index (κ3) is 3.55. The van der Waals surface area contributed by atoms with Crippen LogP contribution in [0.3, 0.4) is 0 Å². The molecular formula is C20H19F2N3O3S. The minimum absolute atomic E-state index is 0.0104. The number of nitrogens with one attached hydrogen (secondary N) is 1. The topological polar surface area (TPSA) is 79.4 Å². The fourth-order valence-electron chi connectivity index (χ4n) is 4.05. The summed E-state index contributed by atoms with van der Waals surface area (Å²) in [6.45, 7) is 1.50. The highest BCUT2D eigenvalue weighted by Crippen LogP contribution is 2.39. The molecule has 2 aromatic rings. The number of likely N-dealkylation sites (tertiary alicyclic amines) is 1. The van der Waals surface area contributed by atoms with Gasteiger partial charge in [0, 0.05) is 10.9 Å². The summed E-state index contributed by atoms with van der Waals surface area (Å²) in [7, 11) is 0. The van der Waals surface area contributed by atoms with Gasteiger partial charge in [0.15, 0.2) is 5.13 Å². The normalized spacial score (nSPS) is 22.5. The van der Waals surface area contributed by atoms with Gasteiger partial charge in [0.25, 0.3) is 0 Å². The summed E-state index contributed by atoms with van der Waals surface area (Å²) in [6, 6.07) is 2.08. The Hall–Kier alpha value is -2.68. The van der Waals surface area contributed by atoms with Crippen molar-refractivity contribution < 1.29 is 23.2 Å². The number of hydrogen-bond donors (Lipinski definition) is 1. The SMILES string of the molecule is C[C@@H](C(=O)Nc1nc(-c2cc(F)ccc2F)cs1)N1C(=O)C2CCCCC2C1=O. The molecule has 152 valence electrons. The number of thiazole rings is 1. The zero-order valence-corrected chi connectivity index (χ0v) is 16.5. The summed E-state index contributed by atoms with van der Waals surface area (Å²) in [5, 5.41) is 4.25. The lowest BCUT2D eigenvalue weighted by molar-refractivity contribution is -0.146. The zero-order chi connectivity index (χ0) is 20.7. The van der Waals surface area contributed by atoms with Crippen molar-refractivity contribution in [1.29, 1.82) is 0 Å². The van der Waals surface area contributed by atoms with E-state index in [1.54, 1.807) is 0 Å². The molecule has 0 radical (unpaired) electrons.